The van der Waals surface area contributed by atoms with Crippen molar-refractivity contribution in [3.63, 3.8) is 0 Å². The van der Waals surface area contributed by atoms with Crippen LogP contribution in [0.4, 0.5) is 5.69 Å². The van der Waals surface area contributed by atoms with Gasteiger partial charge in [-0.1, -0.05) is 35.0 Å². The predicted molar refractivity (Wildman–Crippen MR) is 98.6 cm³/mol. The monoisotopic (exact) mass is 410 g/mol. The molecule has 0 heterocycles. The molecule has 0 radical (unpaired) electrons. The minimum absolute atomic E-state index is 0.00800. The predicted octanol–water partition coefficient (Wildman–Crippen LogP) is 3.78. The van der Waals surface area contributed by atoms with E-state index >= 15 is 0 Å². The van der Waals surface area contributed by atoms with Crippen molar-refractivity contribution in [2.45, 2.75) is 31.2 Å². The number of halogens is 1. The largest absolute Gasteiger partial charge is 0.350 e. The highest BCUT2D eigenvalue weighted by molar-refractivity contribution is 9.10. The third kappa shape index (κ3) is 4.58. The molecule has 2 aromatic carbocycles. The van der Waals surface area contributed by atoms with Gasteiger partial charge in [-0.3, -0.25) is 9.52 Å². The molecule has 0 aliphatic carbocycles. The highest BCUT2D eigenvalue weighted by Crippen LogP contribution is 2.21. The van der Waals surface area contributed by atoms with Crippen LogP contribution in [0.2, 0.25) is 0 Å². The van der Waals surface area contributed by atoms with Crippen LogP contribution in [-0.4, -0.2) is 20.4 Å². The highest BCUT2D eigenvalue weighted by atomic mass is 79.9. The fraction of sp³-hybridized carbons (Fsp3) is 0.235. The molecule has 7 heteroatoms. The summed E-state index contributed by atoms with van der Waals surface area (Å²) in [4.78, 5) is 12.5. The fourth-order valence-electron chi connectivity index (χ4n) is 1.99. The lowest BCUT2D eigenvalue weighted by atomic mass is 10.1. The molecule has 2 rings (SSSR count). The first-order valence-electron chi connectivity index (χ1n) is 7.51. The summed E-state index contributed by atoms with van der Waals surface area (Å²) in [5, 5.41) is 2.84. The van der Waals surface area contributed by atoms with Crippen molar-refractivity contribution in [1.29, 1.82) is 0 Å². The number of carbonyl (C=O) groups excluding carboxylic acids is 1. The molecule has 0 aromatic heterocycles. The lowest BCUT2D eigenvalue weighted by molar-refractivity contribution is 0.0940. The zero-order chi connectivity index (χ0) is 17.7. The van der Waals surface area contributed by atoms with E-state index in [4.69, 9.17) is 0 Å². The summed E-state index contributed by atoms with van der Waals surface area (Å²) in [7, 11) is -3.77. The van der Waals surface area contributed by atoms with Gasteiger partial charge in [0.05, 0.1) is 16.1 Å². The maximum atomic E-state index is 12.5. The summed E-state index contributed by atoms with van der Waals surface area (Å²) in [6.07, 6.45) is 0.790. The Balaban J connectivity index is 2.30. The Kier molecular flexibility index (Phi) is 6.01. The Morgan fingerprint density at radius 1 is 1.12 bits per heavy atom. The van der Waals surface area contributed by atoms with Gasteiger partial charge in [0.2, 0.25) is 0 Å². The second kappa shape index (κ2) is 7.81. The number of amides is 1. The summed E-state index contributed by atoms with van der Waals surface area (Å²) in [6, 6.07) is 12.8. The van der Waals surface area contributed by atoms with E-state index in [2.05, 4.69) is 26.0 Å². The van der Waals surface area contributed by atoms with E-state index < -0.39 is 10.0 Å². The maximum Gasteiger partial charge on any atom is 0.261 e. The van der Waals surface area contributed by atoms with Crippen molar-refractivity contribution in [2.75, 3.05) is 4.72 Å². The minimum atomic E-state index is -3.77. The smallest absolute Gasteiger partial charge is 0.261 e. The van der Waals surface area contributed by atoms with Crippen molar-refractivity contribution < 1.29 is 13.2 Å². The third-order valence-electron chi connectivity index (χ3n) is 3.53. The maximum absolute atomic E-state index is 12.5. The van der Waals surface area contributed by atoms with Crippen LogP contribution in [0.3, 0.4) is 0 Å². The zero-order valence-corrected chi connectivity index (χ0v) is 15.8. The summed E-state index contributed by atoms with van der Waals surface area (Å²) in [5.74, 6) is -0.307. The van der Waals surface area contributed by atoms with Crippen LogP contribution in [0.15, 0.2) is 57.9 Å². The van der Waals surface area contributed by atoms with Crippen molar-refractivity contribution in [3.05, 3.63) is 58.6 Å². The second-order valence-corrected chi connectivity index (χ2v) is 7.99. The number of hydrogen-bond donors (Lipinski definition) is 2. The van der Waals surface area contributed by atoms with Crippen LogP contribution in [0, 0.1) is 0 Å². The number of benzene rings is 2. The zero-order valence-electron chi connectivity index (χ0n) is 13.4. The van der Waals surface area contributed by atoms with Gasteiger partial charge < -0.3 is 5.32 Å². The Morgan fingerprint density at radius 3 is 2.38 bits per heavy atom. The van der Waals surface area contributed by atoms with Gasteiger partial charge in [-0.15, -0.1) is 0 Å². The molecular weight excluding hydrogens is 392 g/mol. The van der Waals surface area contributed by atoms with Gasteiger partial charge in [0.1, 0.15) is 0 Å². The Labute approximate surface area is 150 Å². The van der Waals surface area contributed by atoms with Gasteiger partial charge in [-0.05, 0) is 49.7 Å². The first-order chi connectivity index (χ1) is 11.3. The van der Waals surface area contributed by atoms with Gasteiger partial charge >= 0.3 is 0 Å². The molecular formula is C17H19BrN2O3S. The van der Waals surface area contributed by atoms with Crippen LogP contribution in [0.25, 0.3) is 0 Å². The number of carbonyl (C=O) groups is 1. The molecule has 24 heavy (non-hydrogen) atoms. The molecule has 1 atom stereocenters. The summed E-state index contributed by atoms with van der Waals surface area (Å²) < 4.78 is 28.3. The number of para-hydroxylation sites is 1. The third-order valence-corrected chi connectivity index (χ3v) is 5.44. The molecule has 0 aliphatic rings. The molecule has 5 nitrogen and oxygen atoms in total. The quantitative estimate of drug-likeness (QED) is 0.760. The van der Waals surface area contributed by atoms with E-state index in [1.165, 1.54) is 12.1 Å². The van der Waals surface area contributed by atoms with E-state index in [9.17, 15) is 13.2 Å². The van der Waals surface area contributed by atoms with E-state index in [1.807, 2.05) is 13.8 Å². The van der Waals surface area contributed by atoms with Gasteiger partial charge in [0.25, 0.3) is 15.9 Å². The van der Waals surface area contributed by atoms with E-state index in [0.29, 0.717) is 5.56 Å². The van der Waals surface area contributed by atoms with E-state index in [-0.39, 0.29) is 22.5 Å². The van der Waals surface area contributed by atoms with Crippen molar-refractivity contribution >= 4 is 37.5 Å². The van der Waals surface area contributed by atoms with Crippen LogP contribution < -0.4 is 10.0 Å². The van der Waals surface area contributed by atoms with E-state index in [0.717, 1.165) is 10.9 Å². The lowest BCUT2D eigenvalue weighted by Crippen LogP contribution is -2.32. The van der Waals surface area contributed by atoms with Crippen LogP contribution >= 0.6 is 15.9 Å². The average Bonchev–Trinajstić information content (AvgIpc) is 2.55. The molecule has 0 aliphatic heterocycles. The molecule has 128 valence electrons. The Morgan fingerprint density at radius 2 is 1.75 bits per heavy atom. The van der Waals surface area contributed by atoms with Crippen molar-refractivity contribution in [3.8, 4) is 0 Å². The summed E-state index contributed by atoms with van der Waals surface area (Å²) in [6.45, 7) is 3.86. The molecule has 0 unspecified atom stereocenters. The molecule has 0 bridgehead atoms. The van der Waals surface area contributed by atoms with Crippen LogP contribution in [0.1, 0.15) is 30.6 Å². The first kappa shape index (κ1) is 18.5. The normalized spacial score (nSPS) is 12.5. The number of nitrogens with one attached hydrogen (secondary N) is 2. The standard InChI is InChI=1S/C17H19BrN2O3S/c1-3-12(2)19-17(21)15-6-4-5-7-16(15)20-24(22,23)14-10-8-13(18)9-11-14/h4-12,20H,3H2,1-2H3,(H,19,21)/t12-/m1/s1. The average molecular weight is 411 g/mol. The van der Waals surface area contributed by atoms with Crippen molar-refractivity contribution in [2.24, 2.45) is 0 Å². The number of rotatable bonds is 6. The molecule has 0 saturated carbocycles. The number of hydrogen-bond acceptors (Lipinski definition) is 3. The lowest BCUT2D eigenvalue weighted by Gasteiger charge is -2.15. The van der Waals surface area contributed by atoms with Crippen LogP contribution in [-0.2, 0) is 10.0 Å². The van der Waals surface area contributed by atoms with Gasteiger partial charge in [-0.2, -0.15) is 0 Å². The highest BCUT2D eigenvalue weighted by Gasteiger charge is 2.19. The van der Waals surface area contributed by atoms with Crippen molar-refractivity contribution in [1.82, 2.24) is 5.32 Å². The number of sulfonamides is 1. The fourth-order valence-corrected chi connectivity index (χ4v) is 3.34. The van der Waals surface area contributed by atoms with Gasteiger partial charge in [0, 0.05) is 10.5 Å². The summed E-state index contributed by atoms with van der Waals surface area (Å²) >= 11 is 3.27. The number of anilines is 1. The molecule has 2 aromatic rings. The summed E-state index contributed by atoms with van der Waals surface area (Å²) in [5.41, 5.74) is 0.541. The molecule has 2 N–H and O–H groups in total. The molecule has 0 saturated heterocycles. The SMILES string of the molecule is CC[C@@H](C)NC(=O)c1ccccc1NS(=O)(=O)c1ccc(Br)cc1. The topological polar surface area (TPSA) is 75.3 Å². The van der Waals surface area contributed by atoms with Gasteiger partial charge in [0.15, 0.2) is 0 Å². The molecule has 0 fully saturated rings. The Hall–Kier alpha value is -1.86. The van der Waals surface area contributed by atoms with E-state index in [1.54, 1.807) is 36.4 Å². The second-order valence-electron chi connectivity index (χ2n) is 5.39. The first-order valence-corrected chi connectivity index (χ1v) is 9.79. The minimum Gasteiger partial charge on any atom is -0.350 e. The molecule has 1 amide bonds. The molecule has 0 spiro atoms. The van der Waals surface area contributed by atoms with Crippen LogP contribution in [0.5, 0.6) is 0 Å². The van der Waals surface area contributed by atoms with Gasteiger partial charge in [-0.25, -0.2) is 8.42 Å². The Bertz CT molecular complexity index is 820.